The Balaban J connectivity index is 0.00000230. The van der Waals surface area contributed by atoms with Gasteiger partial charge in [-0.3, -0.25) is 0 Å². The molecule has 1 aliphatic rings. The number of thioether (sulfide) groups is 1. The van der Waals surface area contributed by atoms with Crippen molar-refractivity contribution in [1.82, 2.24) is 9.97 Å². The molecule has 0 bridgehead atoms. The van der Waals surface area contributed by atoms with E-state index in [4.69, 9.17) is 9.97 Å². The van der Waals surface area contributed by atoms with E-state index in [-0.39, 0.29) is 6.04 Å². The second-order valence-electron chi connectivity index (χ2n) is 11.7. The summed E-state index contributed by atoms with van der Waals surface area (Å²) >= 11 is 1.93. The Kier molecular flexibility index (Phi) is 12.2. The standard InChI is InChI=1S/C43H41N3S.C2H2/c1-5-7-17-33(6-2)43-44-39(34-18-9-8-10-19-34)29-40(45-43)35-25-27-37(28-26-35)46-32(4)30-47-42-24-14-11-20-36(42)21-15-16-31(3)38-22-12-13-23-41(38)46;1-2/h6-20,22-29,32H,3,5,21,30H2,1-2,4H3;1-2H/b16-15-,17-7-,33-6+;. The van der Waals surface area contributed by atoms with Gasteiger partial charge in [0.15, 0.2) is 5.82 Å². The molecule has 4 aromatic carbocycles. The number of nitrogens with zero attached hydrogens (tertiary/aromatic N) is 3. The van der Waals surface area contributed by atoms with E-state index in [9.17, 15) is 0 Å². The van der Waals surface area contributed by atoms with Crippen molar-refractivity contribution in [2.24, 2.45) is 0 Å². The van der Waals surface area contributed by atoms with Gasteiger partial charge in [0.2, 0.25) is 0 Å². The zero-order chi connectivity index (χ0) is 34.6. The van der Waals surface area contributed by atoms with Crippen LogP contribution in [0.3, 0.4) is 0 Å². The Labute approximate surface area is 296 Å². The summed E-state index contributed by atoms with van der Waals surface area (Å²) in [6, 6.07) is 38.9. The minimum Gasteiger partial charge on any atom is -0.337 e. The number of hydrogen-bond donors (Lipinski definition) is 0. The molecule has 1 aliphatic heterocycles. The molecule has 2 heterocycles. The van der Waals surface area contributed by atoms with Gasteiger partial charge in [0.25, 0.3) is 0 Å². The van der Waals surface area contributed by atoms with Crippen LogP contribution in [0.4, 0.5) is 11.4 Å². The van der Waals surface area contributed by atoms with Crippen LogP contribution in [0.25, 0.3) is 33.7 Å². The first-order valence-electron chi connectivity index (χ1n) is 16.7. The zero-order valence-electron chi connectivity index (χ0n) is 28.6. The van der Waals surface area contributed by atoms with E-state index in [1.807, 2.05) is 24.8 Å². The maximum Gasteiger partial charge on any atom is 0.160 e. The highest BCUT2D eigenvalue weighted by Crippen LogP contribution is 2.38. The van der Waals surface area contributed by atoms with Crippen LogP contribution in [0.2, 0.25) is 0 Å². The number of hydrogen-bond acceptors (Lipinski definition) is 4. The van der Waals surface area contributed by atoms with E-state index in [0.717, 1.165) is 75.0 Å². The monoisotopic (exact) mass is 657 g/mol. The number of terminal acetylenes is 1. The molecule has 4 heteroatoms. The summed E-state index contributed by atoms with van der Waals surface area (Å²) in [5.41, 5.74) is 10.7. The molecular formula is C45H43N3S. The largest absolute Gasteiger partial charge is 0.337 e. The van der Waals surface area contributed by atoms with Crippen LogP contribution < -0.4 is 4.90 Å². The molecule has 1 aromatic heterocycles. The van der Waals surface area contributed by atoms with Crippen LogP contribution in [0.5, 0.6) is 0 Å². The van der Waals surface area contributed by atoms with Gasteiger partial charge in [-0.1, -0.05) is 123 Å². The number of benzene rings is 4. The molecule has 3 nitrogen and oxygen atoms in total. The fraction of sp³-hybridized carbons (Fsp3) is 0.156. The van der Waals surface area contributed by atoms with Crippen molar-refractivity contribution >= 4 is 34.3 Å². The quantitative estimate of drug-likeness (QED) is 0.134. The molecule has 1 unspecified atom stereocenters. The number of aromatic nitrogens is 2. The van der Waals surface area contributed by atoms with Gasteiger partial charge in [-0.25, -0.2) is 9.97 Å². The normalized spacial score (nSPS) is 15.6. The fourth-order valence-electron chi connectivity index (χ4n) is 5.92. The van der Waals surface area contributed by atoms with E-state index in [1.54, 1.807) is 0 Å². The summed E-state index contributed by atoms with van der Waals surface area (Å²) in [5, 5.41) is 0. The molecule has 1 atom stereocenters. The Morgan fingerprint density at radius 1 is 0.878 bits per heavy atom. The van der Waals surface area contributed by atoms with Crippen LogP contribution >= 0.6 is 11.8 Å². The minimum absolute atomic E-state index is 0.217. The summed E-state index contributed by atoms with van der Waals surface area (Å²) in [6.07, 6.45) is 20.6. The number of rotatable bonds is 6. The molecule has 0 N–H and O–H groups in total. The minimum atomic E-state index is 0.217. The topological polar surface area (TPSA) is 29.0 Å². The molecular weight excluding hydrogens is 615 g/mol. The van der Waals surface area contributed by atoms with Crippen molar-refractivity contribution in [1.29, 1.82) is 0 Å². The summed E-state index contributed by atoms with van der Waals surface area (Å²) < 4.78 is 0. The lowest BCUT2D eigenvalue weighted by atomic mass is 10.0. The number of para-hydroxylation sites is 1. The highest BCUT2D eigenvalue weighted by atomic mass is 32.2. The lowest BCUT2D eigenvalue weighted by Crippen LogP contribution is -2.31. The summed E-state index contributed by atoms with van der Waals surface area (Å²) in [5.74, 6) is 1.67. The first kappa shape index (κ1) is 35.0. The average molecular weight is 658 g/mol. The van der Waals surface area contributed by atoms with E-state index in [1.165, 1.54) is 10.5 Å². The molecule has 244 valence electrons. The lowest BCUT2D eigenvalue weighted by molar-refractivity contribution is 0.798. The van der Waals surface area contributed by atoms with E-state index < -0.39 is 0 Å². The Hall–Kier alpha value is -5.37. The SMILES string of the molecule is C#C.C=C1/C=C\Cc2ccccc2SCC(C)N(c2ccc(-c3cc(-c4ccccc4)nc(C(/C=C\CC)=C/C)n3)cc2)c2ccccc21. The summed E-state index contributed by atoms with van der Waals surface area (Å²) in [7, 11) is 0. The predicted molar refractivity (Wildman–Crippen MR) is 213 cm³/mol. The molecule has 0 saturated heterocycles. The van der Waals surface area contributed by atoms with Gasteiger partial charge >= 0.3 is 0 Å². The van der Waals surface area contributed by atoms with Gasteiger partial charge in [-0.05, 0) is 68.2 Å². The van der Waals surface area contributed by atoms with Crippen molar-refractivity contribution in [3.8, 4) is 35.4 Å². The van der Waals surface area contributed by atoms with E-state index in [2.05, 4.69) is 172 Å². The first-order valence-corrected chi connectivity index (χ1v) is 17.7. The highest BCUT2D eigenvalue weighted by Gasteiger charge is 2.22. The van der Waals surface area contributed by atoms with Gasteiger partial charge < -0.3 is 4.90 Å². The Bertz CT molecular complexity index is 1980. The maximum absolute atomic E-state index is 5.08. The fourth-order valence-corrected chi connectivity index (χ4v) is 7.00. The molecule has 0 aliphatic carbocycles. The molecule has 0 fully saturated rings. The van der Waals surface area contributed by atoms with E-state index >= 15 is 0 Å². The smallest absolute Gasteiger partial charge is 0.160 e. The first-order chi connectivity index (χ1) is 24.1. The number of fused-ring (bicyclic) bond motifs is 2. The molecule has 0 amide bonds. The predicted octanol–water partition coefficient (Wildman–Crippen LogP) is 11.9. The van der Waals surface area contributed by atoms with Crippen molar-refractivity contribution in [2.75, 3.05) is 10.7 Å². The molecule has 0 radical (unpaired) electrons. The zero-order valence-corrected chi connectivity index (χ0v) is 29.4. The molecule has 0 saturated carbocycles. The number of allylic oxidation sites excluding steroid dienone is 7. The molecule has 0 spiro atoms. The summed E-state index contributed by atoms with van der Waals surface area (Å²) in [4.78, 5) is 13.9. The lowest BCUT2D eigenvalue weighted by Gasteiger charge is -2.33. The average Bonchev–Trinajstić information content (AvgIpc) is 3.16. The van der Waals surface area contributed by atoms with Gasteiger partial charge in [-0.15, -0.1) is 24.6 Å². The van der Waals surface area contributed by atoms with Crippen LogP contribution in [0.1, 0.15) is 44.1 Å². The van der Waals surface area contributed by atoms with Crippen molar-refractivity contribution < 1.29 is 0 Å². The second kappa shape index (κ2) is 17.2. The van der Waals surface area contributed by atoms with Crippen molar-refractivity contribution in [3.63, 3.8) is 0 Å². The van der Waals surface area contributed by atoms with Crippen molar-refractivity contribution in [2.45, 2.75) is 44.6 Å². The van der Waals surface area contributed by atoms with Crippen LogP contribution in [0, 0.1) is 12.8 Å². The van der Waals surface area contributed by atoms with Gasteiger partial charge in [0.05, 0.1) is 11.4 Å². The maximum atomic E-state index is 5.08. The van der Waals surface area contributed by atoms with Gasteiger partial charge in [0, 0.05) is 50.3 Å². The molecule has 5 aromatic rings. The number of anilines is 2. The van der Waals surface area contributed by atoms with Gasteiger partial charge in [-0.2, -0.15) is 0 Å². The second-order valence-corrected chi connectivity index (χ2v) is 12.8. The van der Waals surface area contributed by atoms with Crippen molar-refractivity contribution in [3.05, 3.63) is 163 Å². The molecule has 6 rings (SSSR count). The third-order valence-corrected chi connectivity index (χ3v) is 9.76. The highest BCUT2D eigenvalue weighted by molar-refractivity contribution is 7.99. The van der Waals surface area contributed by atoms with Crippen LogP contribution in [-0.2, 0) is 6.42 Å². The van der Waals surface area contributed by atoms with Gasteiger partial charge in [0.1, 0.15) is 0 Å². The Morgan fingerprint density at radius 2 is 1.53 bits per heavy atom. The third-order valence-electron chi connectivity index (χ3n) is 8.40. The molecule has 49 heavy (non-hydrogen) atoms. The summed E-state index contributed by atoms with van der Waals surface area (Å²) in [6.45, 7) is 11.0. The van der Waals surface area contributed by atoms with Crippen LogP contribution in [0.15, 0.2) is 151 Å². The third kappa shape index (κ3) is 8.38. The van der Waals surface area contributed by atoms with E-state index in [0.29, 0.717) is 0 Å². The van der Waals surface area contributed by atoms with Crippen LogP contribution in [-0.4, -0.2) is 21.8 Å². The Morgan fingerprint density at radius 3 is 2.24 bits per heavy atom.